The summed E-state index contributed by atoms with van der Waals surface area (Å²) in [4.78, 5) is 11.6. The van der Waals surface area contributed by atoms with Crippen molar-refractivity contribution < 1.29 is 4.79 Å². The minimum atomic E-state index is -0.330. The summed E-state index contributed by atoms with van der Waals surface area (Å²) in [7, 11) is 0. The van der Waals surface area contributed by atoms with Gasteiger partial charge in [-0.2, -0.15) is 5.12 Å². The van der Waals surface area contributed by atoms with Crippen LogP contribution in [0.4, 0.5) is 4.79 Å². The summed E-state index contributed by atoms with van der Waals surface area (Å²) < 4.78 is 0. The van der Waals surface area contributed by atoms with E-state index in [-0.39, 0.29) is 6.03 Å². The first-order valence-corrected chi connectivity index (χ1v) is 6.38. The van der Waals surface area contributed by atoms with E-state index in [1.54, 1.807) is 5.12 Å². The van der Waals surface area contributed by atoms with Crippen LogP contribution >= 0.6 is 0 Å². The number of nitrogens with two attached hydrogens (primary N) is 1. The molecule has 92 valence electrons. The SMILES string of the molecule is NC(=O)N(N1CCCCC1)N1CCCCC1. The van der Waals surface area contributed by atoms with Gasteiger partial charge >= 0.3 is 6.03 Å². The number of hydrogen-bond acceptors (Lipinski definition) is 3. The van der Waals surface area contributed by atoms with Crippen molar-refractivity contribution in [3.05, 3.63) is 0 Å². The average molecular weight is 226 g/mol. The van der Waals surface area contributed by atoms with Gasteiger partial charge < -0.3 is 5.73 Å². The lowest BCUT2D eigenvalue weighted by Gasteiger charge is -2.43. The molecule has 0 spiro atoms. The zero-order valence-corrected chi connectivity index (χ0v) is 9.90. The molecule has 0 aromatic rings. The maximum atomic E-state index is 11.6. The first kappa shape index (κ1) is 11.7. The Hall–Kier alpha value is -0.810. The van der Waals surface area contributed by atoms with Crippen LogP contribution in [0.2, 0.25) is 0 Å². The van der Waals surface area contributed by atoms with Gasteiger partial charge in [0, 0.05) is 26.2 Å². The maximum absolute atomic E-state index is 11.6. The van der Waals surface area contributed by atoms with Crippen molar-refractivity contribution in [1.29, 1.82) is 0 Å². The average Bonchev–Trinajstić information content (AvgIpc) is 2.31. The van der Waals surface area contributed by atoms with Gasteiger partial charge in [-0.1, -0.05) is 12.8 Å². The van der Waals surface area contributed by atoms with Crippen molar-refractivity contribution in [3.63, 3.8) is 0 Å². The van der Waals surface area contributed by atoms with Gasteiger partial charge in [0.1, 0.15) is 0 Å². The van der Waals surface area contributed by atoms with E-state index in [2.05, 4.69) is 10.0 Å². The molecule has 5 nitrogen and oxygen atoms in total. The van der Waals surface area contributed by atoms with Gasteiger partial charge in [0.05, 0.1) is 0 Å². The number of hydrogen-bond donors (Lipinski definition) is 1. The summed E-state index contributed by atoms with van der Waals surface area (Å²) in [6.45, 7) is 3.83. The summed E-state index contributed by atoms with van der Waals surface area (Å²) in [6.07, 6.45) is 7.19. The van der Waals surface area contributed by atoms with E-state index in [9.17, 15) is 4.79 Å². The number of nitrogens with zero attached hydrogens (tertiary/aromatic N) is 3. The van der Waals surface area contributed by atoms with Gasteiger partial charge in [-0.05, 0) is 25.7 Å². The van der Waals surface area contributed by atoms with Crippen LogP contribution in [0, 0.1) is 0 Å². The van der Waals surface area contributed by atoms with Gasteiger partial charge in [0.15, 0.2) is 0 Å². The number of urea groups is 1. The van der Waals surface area contributed by atoms with E-state index < -0.39 is 0 Å². The summed E-state index contributed by atoms with van der Waals surface area (Å²) in [5.74, 6) is 0. The van der Waals surface area contributed by atoms with Gasteiger partial charge in [-0.3, -0.25) is 0 Å². The Labute approximate surface area is 97.1 Å². The van der Waals surface area contributed by atoms with Crippen LogP contribution in [-0.2, 0) is 0 Å². The largest absolute Gasteiger partial charge is 0.349 e. The first-order chi connectivity index (χ1) is 7.79. The second kappa shape index (κ2) is 5.50. The topological polar surface area (TPSA) is 52.8 Å². The zero-order chi connectivity index (χ0) is 11.4. The Morgan fingerprint density at radius 1 is 0.812 bits per heavy atom. The van der Waals surface area contributed by atoms with Crippen molar-refractivity contribution >= 4 is 6.03 Å². The molecule has 2 rings (SSSR count). The van der Waals surface area contributed by atoms with Crippen molar-refractivity contribution in [2.24, 2.45) is 5.73 Å². The lowest BCUT2D eigenvalue weighted by molar-refractivity contribution is -0.153. The van der Waals surface area contributed by atoms with Crippen molar-refractivity contribution in [1.82, 2.24) is 15.1 Å². The van der Waals surface area contributed by atoms with Crippen LogP contribution in [0.5, 0.6) is 0 Å². The molecule has 2 aliphatic heterocycles. The molecule has 2 amide bonds. The standard InChI is InChI=1S/C11H22N4O/c12-11(16)15(13-7-3-1-4-8-13)14-9-5-2-6-10-14/h1-10H2,(H2,12,16). The second-order valence-electron chi connectivity index (χ2n) is 4.66. The molecule has 2 saturated heterocycles. The molecular formula is C11H22N4O. The molecule has 2 N–H and O–H groups in total. The zero-order valence-electron chi connectivity index (χ0n) is 9.90. The highest BCUT2D eigenvalue weighted by molar-refractivity contribution is 5.70. The molecule has 0 radical (unpaired) electrons. The molecular weight excluding hydrogens is 204 g/mol. The van der Waals surface area contributed by atoms with Gasteiger partial charge in [0.2, 0.25) is 0 Å². The fourth-order valence-corrected chi connectivity index (χ4v) is 2.59. The molecule has 0 unspecified atom stereocenters. The predicted molar refractivity (Wildman–Crippen MR) is 62.3 cm³/mol. The van der Waals surface area contributed by atoms with E-state index in [0.29, 0.717) is 0 Å². The minimum absolute atomic E-state index is 0.330. The summed E-state index contributed by atoms with van der Waals surface area (Å²) in [5.41, 5.74) is 5.50. The Balaban J connectivity index is 1.99. The van der Waals surface area contributed by atoms with E-state index in [0.717, 1.165) is 51.9 Å². The second-order valence-corrected chi connectivity index (χ2v) is 4.66. The van der Waals surface area contributed by atoms with Crippen LogP contribution in [-0.4, -0.2) is 47.3 Å². The number of hydrazine groups is 2. The molecule has 0 aromatic heterocycles. The molecule has 5 heteroatoms. The van der Waals surface area contributed by atoms with Crippen LogP contribution in [0.25, 0.3) is 0 Å². The van der Waals surface area contributed by atoms with E-state index in [1.165, 1.54) is 12.8 Å². The third-order valence-electron chi connectivity index (χ3n) is 3.40. The highest BCUT2D eigenvalue weighted by Gasteiger charge is 2.27. The fraction of sp³-hybridized carbons (Fsp3) is 0.909. The molecule has 2 aliphatic rings. The Kier molecular flexibility index (Phi) is 4.01. The van der Waals surface area contributed by atoms with Crippen molar-refractivity contribution in [3.8, 4) is 0 Å². The van der Waals surface area contributed by atoms with Crippen molar-refractivity contribution in [2.45, 2.75) is 38.5 Å². The van der Waals surface area contributed by atoms with E-state index in [4.69, 9.17) is 5.73 Å². The Morgan fingerprint density at radius 2 is 1.19 bits per heavy atom. The molecule has 0 aromatic carbocycles. The summed E-state index contributed by atoms with van der Waals surface area (Å²) in [5, 5.41) is 5.91. The monoisotopic (exact) mass is 226 g/mol. The molecule has 0 atom stereocenters. The molecule has 0 bridgehead atoms. The Bertz CT molecular complexity index is 216. The van der Waals surface area contributed by atoms with Crippen LogP contribution in [0.15, 0.2) is 0 Å². The first-order valence-electron chi connectivity index (χ1n) is 6.38. The van der Waals surface area contributed by atoms with Crippen LogP contribution in [0.3, 0.4) is 0 Å². The lowest BCUT2D eigenvalue weighted by atomic mass is 10.1. The number of carbonyl (C=O) groups is 1. The highest BCUT2D eigenvalue weighted by Crippen LogP contribution is 2.17. The van der Waals surface area contributed by atoms with Gasteiger partial charge in [-0.15, -0.1) is 0 Å². The third kappa shape index (κ3) is 2.65. The minimum Gasteiger partial charge on any atom is -0.349 e. The maximum Gasteiger partial charge on any atom is 0.344 e. The quantitative estimate of drug-likeness (QED) is 0.769. The fourth-order valence-electron chi connectivity index (χ4n) is 2.59. The molecule has 2 fully saturated rings. The Morgan fingerprint density at radius 3 is 1.50 bits per heavy atom. The number of primary amides is 1. The highest BCUT2D eigenvalue weighted by atomic mass is 16.2. The molecule has 16 heavy (non-hydrogen) atoms. The number of amides is 2. The predicted octanol–water partition coefficient (Wildman–Crippen LogP) is 1.17. The number of rotatable bonds is 2. The van der Waals surface area contributed by atoms with Crippen molar-refractivity contribution in [2.75, 3.05) is 26.2 Å². The molecule has 2 heterocycles. The smallest absolute Gasteiger partial charge is 0.344 e. The number of piperidine rings is 2. The number of carbonyl (C=O) groups excluding carboxylic acids is 1. The van der Waals surface area contributed by atoms with E-state index >= 15 is 0 Å². The lowest BCUT2D eigenvalue weighted by Crippen LogP contribution is -2.60. The normalized spacial score (nSPS) is 24.2. The van der Waals surface area contributed by atoms with Gasteiger partial charge in [-0.25, -0.2) is 14.8 Å². The molecule has 0 saturated carbocycles. The van der Waals surface area contributed by atoms with Crippen LogP contribution < -0.4 is 5.73 Å². The summed E-state index contributed by atoms with van der Waals surface area (Å²) >= 11 is 0. The molecule has 0 aliphatic carbocycles. The van der Waals surface area contributed by atoms with Gasteiger partial charge in [0.25, 0.3) is 0 Å². The van der Waals surface area contributed by atoms with E-state index in [1.807, 2.05) is 0 Å². The third-order valence-corrected chi connectivity index (χ3v) is 3.40. The van der Waals surface area contributed by atoms with Crippen LogP contribution in [0.1, 0.15) is 38.5 Å². The summed E-state index contributed by atoms with van der Waals surface area (Å²) in [6, 6.07) is -0.330.